The lowest BCUT2D eigenvalue weighted by Crippen LogP contribution is -2.33. The molecule has 0 radical (unpaired) electrons. The first-order chi connectivity index (χ1) is 11.2. The lowest BCUT2D eigenvalue weighted by atomic mass is 10.2. The molecule has 1 N–H and O–H groups in total. The molecular weight excluding hydrogens is 292 g/mol. The molecule has 1 aliphatic heterocycles. The number of rotatable bonds is 5. The van der Waals surface area contributed by atoms with Gasteiger partial charge in [-0.3, -0.25) is 4.79 Å². The van der Waals surface area contributed by atoms with E-state index in [-0.39, 0.29) is 5.91 Å². The second kappa shape index (κ2) is 6.73. The molecule has 6 nitrogen and oxygen atoms in total. The molecule has 0 saturated carbocycles. The number of carbonyl (C=O) groups is 1. The van der Waals surface area contributed by atoms with Gasteiger partial charge in [-0.25, -0.2) is 4.98 Å². The number of aromatic nitrogens is 2. The van der Waals surface area contributed by atoms with Gasteiger partial charge in [0.05, 0.1) is 30.8 Å². The molecule has 0 atom stereocenters. The van der Waals surface area contributed by atoms with E-state index in [0.29, 0.717) is 13.0 Å². The van der Waals surface area contributed by atoms with Crippen LogP contribution in [0.1, 0.15) is 25.5 Å². The Morgan fingerprint density at radius 1 is 1.48 bits per heavy atom. The Morgan fingerprint density at radius 3 is 3.09 bits per heavy atom. The highest BCUT2D eigenvalue weighted by atomic mass is 16.5. The van der Waals surface area contributed by atoms with Gasteiger partial charge in [0.25, 0.3) is 0 Å². The number of amides is 1. The first kappa shape index (κ1) is 15.4. The Balaban J connectivity index is 1.85. The summed E-state index contributed by atoms with van der Waals surface area (Å²) in [5.74, 6) is 0.986. The number of hydrogen-bond donors (Lipinski definition) is 1. The second-order valence-corrected chi connectivity index (χ2v) is 5.70. The van der Waals surface area contributed by atoms with E-state index in [2.05, 4.69) is 14.9 Å². The minimum atomic E-state index is 0.129. The van der Waals surface area contributed by atoms with Crippen molar-refractivity contribution in [2.24, 2.45) is 0 Å². The van der Waals surface area contributed by atoms with Gasteiger partial charge in [0, 0.05) is 25.4 Å². The Morgan fingerprint density at radius 2 is 2.35 bits per heavy atom. The molecular formula is C17H22N4O2. The summed E-state index contributed by atoms with van der Waals surface area (Å²) in [4.78, 5) is 23.3. The van der Waals surface area contributed by atoms with E-state index < -0.39 is 0 Å². The van der Waals surface area contributed by atoms with Gasteiger partial charge in [-0.05, 0) is 24.6 Å². The van der Waals surface area contributed by atoms with Crippen molar-refractivity contribution in [3.8, 4) is 5.75 Å². The highest BCUT2D eigenvalue weighted by Crippen LogP contribution is 2.35. The predicted octanol–water partition coefficient (Wildman–Crippen LogP) is 2.57. The maximum atomic E-state index is 12.1. The van der Waals surface area contributed by atoms with Gasteiger partial charge in [0.2, 0.25) is 5.91 Å². The van der Waals surface area contributed by atoms with Gasteiger partial charge in [0.15, 0.2) is 0 Å². The highest BCUT2D eigenvalue weighted by Gasteiger charge is 2.21. The normalized spacial score (nSPS) is 13.4. The fourth-order valence-electron chi connectivity index (χ4n) is 2.74. The molecule has 0 spiro atoms. The third kappa shape index (κ3) is 3.31. The van der Waals surface area contributed by atoms with Crippen LogP contribution in [0.15, 0.2) is 30.7 Å². The second-order valence-electron chi connectivity index (χ2n) is 5.70. The van der Waals surface area contributed by atoms with Crippen LogP contribution in [0.4, 0.5) is 11.4 Å². The Hall–Kier alpha value is -2.50. The maximum absolute atomic E-state index is 12.1. The van der Waals surface area contributed by atoms with Crippen molar-refractivity contribution in [3.05, 3.63) is 36.4 Å². The van der Waals surface area contributed by atoms with Crippen LogP contribution in [0.3, 0.4) is 0 Å². The van der Waals surface area contributed by atoms with Crippen LogP contribution < -0.4 is 14.5 Å². The van der Waals surface area contributed by atoms with E-state index in [9.17, 15) is 4.79 Å². The zero-order chi connectivity index (χ0) is 16.2. The lowest BCUT2D eigenvalue weighted by Gasteiger charge is -2.32. The zero-order valence-electron chi connectivity index (χ0n) is 13.6. The third-order valence-electron chi connectivity index (χ3n) is 4.04. The molecule has 3 rings (SSSR count). The number of fused-ring (bicyclic) bond motifs is 1. The maximum Gasteiger partial charge on any atom is 0.226 e. The van der Waals surface area contributed by atoms with Crippen molar-refractivity contribution >= 4 is 17.3 Å². The van der Waals surface area contributed by atoms with E-state index in [0.717, 1.165) is 42.3 Å². The van der Waals surface area contributed by atoms with E-state index in [1.807, 2.05) is 38.4 Å². The Labute approximate surface area is 136 Å². The summed E-state index contributed by atoms with van der Waals surface area (Å²) in [7, 11) is 1.82. The first-order valence-electron chi connectivity index (χ1n) is 7.94. The molecule has 2 heterocycles. The summed E-state index contributed by atoms with van der Waals surface area (Å²) in [6.45, 7) is 4.22. The standard InChI is InChI=1S/C17H22N4O2/c1-3-4-17(22)20(2)14-5-6-16-15(9-14)21(7-8-23-16)11-13-10-18-12-19-13/h5-6,9-10,12H,3-4,7-8,11H2,1-2H3,(H,18,19). The number of aromatic amines is 1. The van der Waals surface area contributed by atoms with Crippen LogP contribution in [-0.4, -0.2) is 36.1 Å². The number of nitrogens with one attached hydrogen (secondary N) is 1. The smallest absolute Gasteiger partial charge is 0.226 e. The summed E-state index contributed by atoms with van der Waals surface area (Å²) in [5, 5.41) is 0. The Kier molecular flexibility index (Phi) is 4.50. The van der Waals surface area contributed by atoms with E-state index >= 15 is 0 Å². The van der Waals surface area contributed by atoms with E-state index in [1.54, 1.807) is 11.2 Å². The largest absolute Gasteiger partial charge is 0.490 e. The number of carbonyl (C=O) groups excluding carboxylic acids is 1. The quantitative estimate of drug-likeness (QED) is 0.921. The number of ether oxygens (including phenoxy) is 1. The SMILES string of the molecule is CCCC(=O)N(C)c1ccc2c(c1)N(Cc1cnc[nH]1)CCO2. The fourth-order valence-corrected chi connectivity index (χ4v) is 2.74. The van der Waals surface area contributed by atoms with Gasteiger partial charge in [0.1, 0.15) is 12.4 Å². The number of H-pyrrole nitrogens is 1. The molecule has 122 valence electrons. The monoisotopic (exact) mass is 314 g/mol. The molecule has 2 aromatic rings. The van der Waals surface area contributed by atoms with Crippen molar-refractivity contribution in [2.75, 3.05) is 30.0 Å². The van der Waals surface area contributed by atoms with Crippen LogP contribution >= 0.6 is 0 Å². The minimum absolute atomic E-state index is 0.129. The van der Waals surface area contributed by atoms with Crippen molar-refractivity contribution < 1.29 is 9.53 Å². The van der Waals surface area contributed by atoms with Crippen molar-refractivity contribution in [3.63, 3.8) is 0 Å². The van der Waals surface area contributed by atoms with Crippen LogP contribution in [0.5, 0.6) is 5.75 Å². The third-order valence-corrected chi connectivity index (χ3v) is 4.04. The molecule has 1 amide bonds. The van der Waals surface area contributed by atoms with Crippen LogP contribution in [0, 0.1) is 0 Å². The zero-order valence-corrected chi connectivity index (χ0v) is 13.6. The first-order valence-corrected chi connectivity index (χ1v) is 7.94. The molecule has 0 saturated heterocycles. The average Bonchev–Trinajstić information content (AvgIpc) is 3.07. The van der Waals surface area contributed by atoms with Crippen molar-refractivity contribution in [2.45, 2.75) is 26.3 Å². The van der Waals surface area contributed by atoms with Crippen molar-refractivity contribution in [1.82, 2.24) is 9.97 Å². The summed E-state index contributed by atoms with van der Waals surface area (Å²) in [6, 6.07) is 5.91. The molecule has 0 unspecified atom stereocenters. The van der Waals surface area contributed by atoms with Gasteiger partial charge < -0.3 is 19.5 Å². The molecule has 0 aliphatic carbocycles. The molecule has 23 heavy (non-hydrogen) atoms. The topological polar surface area (TPSA) is 61.5 Å². The number of imidazole rings is 1. The Bertz CT molecular complexity index is 669. The average molecular weight is 314 g/mol. The van der Waals surface area contributed by atoms with Gasteiger partial charge in [-0.1, -0.05) is 6.92 Å². The molecule has 0 fully saturated rings. The van der Waals surface area contributed by atoms with Gasteiger partial charge in [-0.2, -0.15) is 0 Å². The summed E-state index contributed by atoms with van der Waals surface area (Å²) < 4.78 is 5.74. The molecule has 1 aromatic heterocycles. The van der Waals surface area contributed by atoms with Crippen LogP contribution in [0.2, 0.25) is 0 Å². The summed E-state index contributed by atoms with van der Waals surface area (Å²) in [5.41, 5.74) is 2.96. The van der Waals surface area contributed by atoms with Crippen LogP contribution in [0.25, 0.3) is 0 Å². The number of hydrogen-bond acceptors (Lipinski definition) is 4. The number of benzene rings is 1. The van der Waals surface area contributed by atoms with Gasteiger partial charge >= 0.3 is 0 Å². The van der Waals surface area contributed by atoms with Gasteiger partial charge in [-0.15, -0.1) is 0 Å². The van der Waals surface area contributed by atoms with Crippen LogP contribution in [-0.2, 0) is 11.3 Å². The lowest BCUT2D eigenvalue weighted by molar-refractivity contribution is -0.118. The summed E-state index contributed by atoms with van der Waals surface area (Å²) in [6.07, 6.45) is 4.92. The number of anilines is 2. The predicted molar refractivity (Wildman–Crippen MR) is 89.9 cm³/mol. The molecule has 1 aromatic carbocycles. The highest BCUT2D eigenvalue weighted by molar-refractivity contribution is 5.93. The number of nitrogens with zero attached hydrogens (tertiary/aromatic N) is 3. The molecule has 0 bridgehead atoms. The fraction of sp³-hybridized carbons (Fsp3) is 0.412. The van der Waals surface area contributed by atoms with E-state index in [4.69, 9.17) is 4.74 Å². The van der Waals surface area contributed by atoms with Crippen molar-refractivity contribution in [1.29, 1.82) is 0 Å². The minimum Gasteiger partial charge on any atom is -0.490 e. The molecule has 6 heteroatoms. The molecule has 1 aliphatic rings. The summed E-state index contributed by atoms with van der Waals surface area (Å²) >= 11 is 0. The van der Waals surface area contributed by atoms with E-state index in [1.165, 1.54) is 0 Å².